The third-order valence-electron chi connectivity index (χ3n) is 6.27. The van der Waals surface area contributed by atoms with E-state index in [9.17, 15) is 9.59 Å². The standard InChI is InChI=1S/C26H31N3O2/c1-4-7-24(30)23-10-9-22(15-19(23)5-2)29-12-6-8-20-14-21(16-27-25(20)29)26(31)28-13-11-18(3)17-28/h9-10,14-16H,3-8,11-13,17H2,1-2H3. The lowest BCUT2D eigenvalue weighted by molar-refractivity contribution is 0.0795. The minimum absolute atomic E-state index is 0.0399. The highest BCUT2D eigenvalue weighted by Gasteiger charge is 2.26. The molecule has 0 radical (unpaired) electrons. The number of rotatable bonds is 6. The van der Waals surface area contributed by atoms with Crippen molar-refractivity contribution in [2.24, 2.45) is 0 Å². The summed E-state index contributed by atoms with van der Waals surface area (Å²) in [7, 11) is 0. The predicted molar refractivity (Wildman–Crippen MR) is 124 cm³/mol. The molecule has 0 spiro atoms. The Bertz CT molecular complexity index is 1030. The molecule has 1 aromatic heterocycles. The zero-order chi connectivity index (χ0) is 22.0. The van der Waals surface area contributed by atoms with E-state index in [1.165, 1.54) is 0 Å². The number of hydrogen-bond acceptors (Lipinski definition) is 4. The first-order chi connectivity index (χ1) is 15.0. The molecule has 5 nitrogen and oxygen atoms in total. The van der Waals surface area contributed by atoms with Crippen molar-refractivity contribution in [3.05, 3.63) is 64.9 Å². The van der Waals surface area contributed by atoms with E-state index in [-0.39, 0.29) is 11.7 Å². The van der Waals surface area contributed by atoms with Gasteiger partial charge in [-0.3, -0.25) is 9.59 Å². The average Bonchev–Trinajstić information content (AvgIpc) is 3.23. The average molecular weight is 418 g/mol. The van der Waals surface area contributed by atoms with Crippen LogP contribution in [0.25, 0.3) is 0 Å². The van der Waals surface area contributed by atoms with Crippen LogP contribution in [0.2, 0.25) is 0 Å². The van der Waals surface area contributed by atoms with E-state index >= 15 is 0 Å². The summed E-state index contributed by atoms with van der Waals surface area (Å²) in [6, 6.07) is 8.15. The lowest BCUT2D eigenvalue weighted by atomic mass is 9.97. The maximum absolute atomic E-state index is 12.9. The molecule has 2 aliphatic heterocycles. The van der Waals surface area contributed by atoms with Crippen molar-refractivity contribution in [2.75, 3.05) is 24.5 Å². The number of aromatic nitrogens is 1. The van der Waals surface area contributed by atoms with Crippen LogP contribution in [0.3, 0.4) is 0 Å². The number of ketones is 1. The SMILES string of the molecule is C=C1CCN(C(=O)c2cnc3c(c2)CCCN3c2ccc(C(=O)CCC)c(CC)c2)C1. The van der Waals surface area contributed by atoms with Crippen LogP contribution in [-0.4, -0.2) is 41.2 Å². The molecule has 162 valence electrons. The monoisotopic (exact) mass is 417 g/mol. The molecule has 0 unspecified atom stereocenters. The Labute approximate surface area is 184 Å². The third kappa shape index (κ3) is 4.27. The molecule has 0 bridgehead atoms. The molecular formula is C26H31N3O2. The topological polar surface area (TPSA) is 53.5 Å². The molecule has 0 saturated carbocycles. The molecule has 2 aromatic rings. The predicted octanol–water partition coefficient (Wildman–Crippen LogP) is 5.11. The van der Waals surface area contributed by atoms with Gasteiger partial charge >= 0.3 is 0 Å². The van der Waals surface area contributed by atoms with Gasteiger partial charge in [-0.15, -0.1) is 0 Å². The van der Waals surface area contributed by atoms with E-state index in [0.717, 1.165) is 79.0 Å². The number of fused-ring (bicyclic) bond motifs is 1. The molecule has 0 atom stereocenters. The Kier molecular flexibility index (Phi) is 6.21. The molecule has 1 amide bonds. The molecule has 1 aromatic carbocycles. The Morgan fingerprint density at radius 2 is 1.97 bits per heavy atom. The van der Waals surface area contributed by atoms with Crippen molar-refractivity contribution in [1.29, 1.82) is 0 Å². The molecule has 5 heteroatoms. The van der Waals surface area contributed by atoms with Crippen molar-refractivity contribution in [2.45, 2.75) is 52.4 Å². The van der Waals surface area contributed by atoms with Crippen LogP contribution in [0.1, 0.15) is 71.4 Å². The van der Waals surface area contributed by atoms with Gasteiger partial charge in [0, 0.05) is 43.5 Å². The maximum Gasteiger partial charge on any atom is 0.255 e. The minimum Gasteiger partial charge on any atom is -0.334 e. The van der Waals surface area contributed by atoms with Gasteiger partial charge in [0.2, 0.25) is 0 Å². The highest BCUT2D eigenvalue weighted by atomic mass is 16.2. The van der Waals surface area contributed by atoms with E-state index < -0.39 is 0 Å². The van der Waals surface area contributed by atoms with Gasteiger partial charge in [0.1, 0.15) is 5.82 Å². The molecule has 4 rings (SSSR count). The number of Topliss-reactive ketones (excluding diaryl/α,β-unsaturated/α-hetero) is 1. The first kappa shape index (κ1) is 21.3. The van der Waals surface area contributed by atoms with Crippen LogP contribution in [-0.2, 0) is 12.8 Å². The van der Waals surface area contributed by atoms with Gasteiger partial charge in [-0.25, -0.2) is 4.98 Å². The second-order valence-electron chi connectivity index (χ2n) is 8.56. The summed E-state index contributed by atoms with van der Waals surface area (Å²) in [5.41, 5.74) is 5.87. The molecule has 31 heavy (non-hydrogen) atoms. The Balaban J connectivity index is 1.62. The molecule has 1 fully saturated rings. The zero-order valence-electron chi connectivity index (χ0n) is 18.6. The van der Waals surface area contributed by atoms with E-state index in [1.807, 2.05) is 30.0 Å². The number of benzene rings is 1. The number of anilines is 2. The van der Waals surface area contributed by atoms with Crippen molar-refractivity contribution in [3.8, 4) is 0 Å². The fourth-order valence-corrected chi connectivity index (χ4v) is 4.58. The quantitative estimate of drug-likeness (QED) is 0.484. The van der Waals surface area contributed by atoms with E-state index in [4.69, 9.17) is 4.98 Å². The van der Waals surface area contributed by atoms with Crippen LogP contribution >= 0.6 is 0 Å². The van der Waals surface area contributed by atoms with Crippen molar-refractivity contribution >= 4 is 23.2 Å². The van der Waals surface area contributed by atoms with Gasteiger partial charge in [-0.2, -0.15) is 0 Å². The van der Waals surface area contributed by atoms with Gasteiger partial charge in [-0.1, -0.05) is 26.0 Å². The number of amides is 1. The van der Waals surface area contributed by atoms with Gasteiger partial charge in [0.05, 0.1) is 5.56 Å². The number of hydrogen-bond donors (Lipinski definition) is 0. The molecular weight excluding hydrogens is 386 g/mol. The summed E-state index contributed by atoms with van der Waals surface area (Å²) in [5.74, 6) is 1.18. The number of carbonyl (C=O) groups excluding carboxylic acids is 2. The third-order valence-corrected chi connectivity index (χ3v) is 6.27. The van der Waals surface area contributed by atoms with Crippen LogP contribution in [0.5, 0.6) is 0 Å². The summed E-state index contributed by atoms with van der Waals surface area (Å²) in [6.07, 6.45) is 6.78. The summed E-state index contributed by atoms with van der Waals surface area (Å²) in [4.78, 5) is 34.1. The lowest BCUT2D eigenvalue weighted by Crippen LogP contribution is -2.29. The van der Waals surface area contributed by atoms with Gasteiger partial charge in [0.15, 0.2) is 5.78 Å². The smallest absolute Gasteiger partial charge is 0.255 e. The molecule has 2 aliphatic rings. The Morgan fingerprint density at radius 3 is 2.68 bits per heavy atom. The van der Waals surface area contributed by atoms with Crippen LogP contribution in [0.15, 0.2) is 42.6 Å². The van der Waals surface area contributed by atoms with Crippen LogP contribution in [0, 0.1) is 0 Å². The highest BCUT2D eigenvalue weighted by molar-refractivity contribution is 5.98. The van der Waals surface area contributed by atoms with Crippen LogP contribution in [0.4, 0.5) is 11.5 Å². The second kappa shape index (κ2) is 9.04. The number of nitrogens with zero attached hydrogens (tertiary/aromatic N) is 3. The summed E-state index contributed by atoms with van der Waals surface area (Å²) < 4.78 is 0. The Hall–Kier alpha value is -2.95. The van der Waals surface area contributed by atoms with E-state index in [0.29, 0.717) is 18.5 Å². The molecule has 0 aliphatic carbocycles. The molecule has 1 saturated heterocycles. The Morgan fingerprint density at radius 1 is 1.13 bits per heavy atom. The normalized spacial score (nSPS) is 15.9. The number of likely N-dealkylation sites (tertiary alicyclic amines) is 1. The minimum atomic E-state index is 0.0399. The summed E-state index contributed by atoms with van der Waals surface area (Å²) in [6.45, 7) is 10.4. The highest BCUT2D eigenvalue weighted by Crippen LogP contribution is 2.34. The van der Waals surface area contributed by atoms with E-state index in [2.05, 4.69) is 24.5 Å². The molecule has 3 heterocycles. The van der Waals surface area contributed by atoms with E-state index in [1.54, 1.807) is 6.20 Å². The maximum atomic E-state index is 12.9. The number of pyridine rings is 1. The first-order valence-electron chi connectivity index (χ1n) is 11.4. The lowest BCUT2D eigenvalue weighted by Gasteiger charge is -2.31. The van der Waals surface area contributed by atoms with Crippen molar-refractivity contribution in [1.82, 2.24) is 9.88 Å². The number of carbonyl (C=O) groups is 2. The second-order valence-corrected chi connectivity index (χ2v) is 8.56. The number of aryl methyl sites for hydroxylation is 2. The first-order valence-corrected chi connectivity index (χ1v) is 11.4. The summed E-state index contributed by atoms with van der Waals surface area (Å²) >= 11 is 0. The van der Waals surface area contributed by atoms with Gasteiger partial charge in [0.25, 0.3) is 5.91 Å². The summed E-state index contributed by atoms with van der Waals surface area (Å²) in [5, 5.41) is 0. The fraction of sp³-hybridized carbons (Fsp3) is 0.423. The zero-order valence-corrected chi connectivity index (χ0v) is 18.6. The molecule has 0 N–H and O–H groups in total. The van der Waals surface area contributed by atoms with Crippen molar-refractivity contribution < 1.29 is 9.59 Å². The fourth-order valence-electron chi connectivity index (χ4n) is 4.58. The van der Waals surface area contributed by atoms with Crippen LogP contribution < -0.4 is 4.90 Å². The van der Waals surface area contributed by atoms with Gasteiger partial charge in [-0.05, 0) is 67.5 Å². The van der Waals surface area contributed by atoms with Gasteiger partial charge < -0.3 is 9.80 Å². The largest absolute Gasteiger partial charge is 0.334 e. The van der Waals surface area contributed by atoms with Crippen molar-refractivity contribution in [3.63, 3.8) is 0 Å².